The SMILES string of the molecule is CNc1ccc(C(=O)NC2CCC[C@H](Nc3cc(C(F)(F)F)nc4ccc(C)cc34)C2)cc1. The molecule has 1 fully saturated rings. The molecule has 0 bridgehead atoms. The number of pyridine rings is 1. The normalized spacial score (nSPS) is 18.7. The average Bonchev–Trinajstić information content (AvgIpc) is 2.79. The Kier molecular flexibility index (Phi) is 6.44. The lowest BCUT2D eigenvalue weighted by Gasteiger charge is -2.31. The first-order chi connectivity index (χ1) is 15.7. The summed E-state index contributed by atoms with van der Waals surface area (Å²) in [5.74, 6) is -0.146. The van der Waals surface area contributed by atoms with Gasteiger partial charge in [0.25, 0.3) is 5.91 Å². The summed E-state index contributed by atoms with van der Waals surface area (Å²) in [6.45, 7) is 1.90. The summed E-state index contributed by atoms with van der Waals surface area (Å²) in [4.78, 5) is 16.5. The first kappa shape index (κ1) is 22.9. The number of aromatic nitrogens is 1. The molecule has 8 heteroatoms. The minimum absolute atomic E-state index is 0.0512. The van der Waals surface area contributed by atoms with E-state index in [2.05, 4.69) is 20.9 Å². The van der Waals surface area contributed by atoms with Crippen LogP contribution in [0.2, 0.25) is 0 Å². The first-order valence-electron chi connectivity index (χ1n) is 11.1. The van der Waals surface area contributed by atoms with Crippen LogP contribution in [0.5, 0.6) is 0 Å². The number of benzene rings is 2. The highest BCUT2D eigenvalue weighted by molar-refractivity contribution is 5.95. The molecule has 33 heavy (non-hydrogen) atoms. The summed E-state index contributed by atoms with van der Waals surface area (Å²) in [6.07, 6.45) is -1.36. The number of fused-ring (bicyclic) bond motifs is 1. The Labute approximate surface area is 190 Å². The Morgan fingerprint density at radius 3 is 2.45 bits per heavy atom. The van der Waals surface area contributed by atoms with Crippen molar-refractivity contribution >= 4 is 28.2 Å². The molecule has 5 nitrogen and oxygen atoms in total. The number of halogens is 3. The van der Waals surface area contributed by atoms with Gasteiger partial charge in [0.2, 0.25) is 0 Å². The molecule has 0 saturated heterocycles. The van der Waals surface area contributed by atoms with Gasteiger partial charge >= 0.3 is 6.18 Å². The van der Waals surface area contributed by atoms with Gasteiger partial charge in [0.15, 0.2) is 0 Å². The standard InChI is InChI=1S/C25H27F3N4O/c1-15-6-11-21-20(12-15)22(14-23(32-21)25(26,27)28)30-18-4-3-5-19(13-18)31-24(33)16-7-9-17(29-2)10-8-16/h6-12,14,18-19,29H,3-5,13H2,1-2H3,(H,30,32)(H,31,33)/t18-,19?/m0/s1. The fraction of sp³-hybridized carbons (Fsp3) is 0.360. The third kappa shape index (κ3) is 5.38. The zero-order valence-electron chi connectivity index (χ0n) is 18.6. The topological polar surface area (TPSA) is 66.1 Å². The molecular formula is C25H27F3N4O. The molecular weight excluding hydrogens is 429 g/mol. The highest BCUT2D eigenvalue weighted by Gasteiger charge is 2.34. The molecule has 4 rings (SSSR count). The van der Waals surface area contributed by atoms with Gasteiger partial charge in [-0.25, -0.2) is 4.98 Å². The van der Waals surface area contributed by atoms with Crippen molar-refractivity contribution in [3.05, 3.63) is 65.4 Å². The van der Waals surface area contributed by atoms with E-state index >= 15 is 0 Å². The second-order valence-corrected chi connectivity index (χ2v) is 8.58. The van der Waals surface area contributed by atoms with Gasteiger partial charge in [-0.15, -0.1) is 0 Å². The monoisotopic (exact) mass is 456 g/mol. The number of aryl methyl sites for hydroxylation is 1. The van der Waals surface area contributed by atoms with E-state index in [0.717, 1.165) is 36.6 Å². The average molecular weight is 457 g/mol. The summed E-state index contributed by atoms with van der Waals surface area (Å²) >= 11 is 0. The van der Waals surface area contributed by atoms with Crippen LogP contribution in [-0.2, 0) is 6.18 Å². The van der Waals surface area contributed by atoms with Gasteiger partial charge in [0, 0.05) is 41.5 Å². The van der Waals surface area contributed by atoms with Crippen LogP contribution in [0.25, 0.3) is 10.9 Å². The van der Waals surface area contributed by atoms with E-state index in [1.54, 1.807) is 24.3 Å². The van der Waals surface area contributed by atoms with Crippen molar-refractivity contribution in [1.82, 2.24) is 10.3 Å². The number of nitrogens with one attached hydrogen (secondary N) is 3. The zero-order valence-corrected chi connectivity index (χ0v) is 18.6. The van der Waals surface area contributed by atoms with Gasteiger partial charge in [-0.2, -0.15) is 13.2 Å². The molecule has 2 atom stereocenters. The summed E-state index contributed by atoms with van der Waals surface area (Å²) in [6, 6.07) is 13.4. The highest BCUT2D eigenvalue weighted by atomic mass is 19.4. The third-order valence-corrected chi connectivity index (χ3v) is 6.06. The van der Waals surface area contributed by atoms with Crippen molar-refractivity contribution in [3.8, 4) is 0 Å². The van der Waals surface area contributed by atoms with Crippen LogP contribution in [0, 0.1) is 6.92 Å². The Morgan fingerprint density at radius 1 is 1.03 bits per heavy atom. The van der Waals surface area contributed by atoms with E-state index in [0.29, 0.717) is 28.6 Å². The van der Waals surface area contributed by atoms with Crippen molar-refractivity contribution in [2.45, 2.75) is 50.9 Å². The minimum Gasteiger partial charge on any atom is -0.388 e. The highest BCUT2D eigenvalue weighted by Crippen LogP contribution is 2.34. The predicted molar refractivity (Wildman–Crippen MR) is 125 cm³/mol. The largest absolute Gasteiger partial charge is 0.433 e. The second-order valence-electron chi connectivity index (χ2n) is 8.58. The smallest absolute Gasteiger partial charge is 0.388 e. The Balaban J connectivity index is 1.51. The number of carbonyl (C=O) groups excluding carboxylic acids is 1. The third-order valence-electron chi connectivity index (χ3n) is 6.06. The van der Waals surface area contributed by atoms with E-state index in [1.165, 1.54) is 0 Å². The van der Waals surface area contributed by atoms with Crippen molar-refractivity contribution in [1.29, 1.82) is 0 Å². The van der Waals surface area contributed by atoms with Crippen LogP contribution >= 0.6 is 0 Å². The van der Waals surface area contributed by atoms with E-state index in [1.807, 2.05) is 32.2 Å². The van der Waals surface area contributed by atoms with Crippen molar-refractivity contribution < 1.29 is 18.0 Å². The number of hydrogen-bond donors (Lipinski definition) is 3. The summed E-state index contributed by atoms with van der Waals surface area (Å²) in [5, 5.41) is 10.1. The van der Waals surface area contributed by atoms with Crippen LogP contribution in [0.15, 0.2) is 48.5 Å². The zero-order chi connectivity index (χ0) is 23.6. The molecule has 1 aliphatic carbocycles. The van der Waals surface area contributed by atoms with Gasteiger partial charge in [0.1, 0.15) is 5.69 Å². The van der Waals surface area contributed by atoms with Gasteiger partial charge in [-0.1, -0.05) is 11.6 Å². The van der Waals surface area contributed by atoms with E-state index < -0.39 is 11.9 Å². The molecule has 1 heterocycles. The van der Waals surface area contributed by atoms with E-state index in [4.69, 9.17) is 0 Å². The van der Waals surface area contributed by atoms with Crippen LogP contribution in [0.1, 0.15) is 47.3 Å². The molecule has 0 aliphatic heterocycles. The Bertz CT molecular complexity index is 1140. The molecule has 1 saturated carbocycles. The Hall–Kier alpha value is -3.29. The first-order valence-corrected chi connectivity index (χ1v) is 11.1. The van der Waals surface area contributed by atoms with Crippen molar-refractivity contribution in [3.63, 3.8) is 0 Å². The maximum atomic E-state index is 13.4. The maximum absolute atomic E-state index is 13.4. The number of anilines is 2. The van der Waals surface area contributed by atoms with Crippen LogP contribution < -0.4 is 16.0 Å². The lowest BCUT2D eigenvalue weighted by molar-refractivity contribution is -0.140. The summed E-state index contributed by atoms with van der Waals surface area (Å²) in [7, 11) is 1.81. The molecule has 1 aromatic heterocycles. The number of rotatable bonds is 5. The quantitative estimate of drug-likeness (QED) is 0.457. The van der Waals surface area contributed by atoms with Crippen LogP contribution in [-0.4, -0.2) is 30.0 Å². The van der Waals surface area contributed by atoms with Gasteiger partial charge in [-0.05, 0) is 75.1 Å². The molecule has 1 unspecified atom stereocenters. The van der Waals surface area contributed by atoms with Gasteiger partial charge < -0.3 is 16.0 Å². The van der Waals surface area contributed by atoms with Crippen molar-refractivity contribution in [2.24, 2.45) is 0 Å². The van der Waals surface area contributed by atoms with Crippen molar-refractivity contribution in [2.75, 3.05) is 17.7 Å². The summed E-state index contributed by atoms with van der Waals surface area (Å²) < 4.78 is 40.3. The molecule has 174 valence electrons. The minimum atomic E-state index is -4.53. The van der Waals surface area contributed by atoms with Crippen LogP contribution in [0.4, 0.5) is 24.5 Å². The summed E-state index contributed by atoms with van der Waals surface area (Å²) in [5.41, 5.74) is 2.28. The fourth-order valence-electron chi connectivity index (χ4n) is 4.33. The fourth-order valence-corrected chi connectivity index (χ4v) is 4.33. The molecule has 0 radical (unpaired) electrons. The number of hydrogen-bond acceptors (Lipinski definition) is 4. The number of carbonyl (C=O) groups is 1. The number of amides is 1. The molecule has 2 aromatic carbocycles. The second kappa shape index (κ2) is 9.29. The van der Waals surface area contributed by atoms with E-state index in [9.17, 15) is 18.0 Å². The number of nitrogens with zero attached hydrogens (tertiary/aromatic N) is 1. The van der Waals surface area contributed by atoms with Crippen LogP contribution in [0.3, 0.4) is 0 Å². The molecule has 1 amide bonds. The van der Waals surface area contributed by atoms with Gasteiger partial charge in [-0.3, -0.25) is 4.79 Å². The van der Waals surface area contributed by atoms with E-state index in [-0.39, 0.29) is 18.0 Å². The molecule has 3 N–H and O–H groups in total. The maximum Gasteiger partial charge on any atom is 0.433 e. The predicted octanol–water partition coefficient (Wildman–Crippen LogP) is 5.76. The Morgan fingerprint density at radius 2 is 1.76 bits per heavy atom. The molecule has 0 spiro atoms. The molecule has 1 aliphatic rings. The lowest BCUT2D eigenvalue weighted by Crippen LogP contribution is -2.41. The van der Waals surface area contributed by atoms with Gasteiger partial charge in [0.05, 0.1) is 5.52 Å². The lowest BCUT2D eigenvalue weighted by atomic mass is 9.90. The molecule has 3 aromatic rings. The number of alkyl halides is 3.